The summed E-state index contributed by atoms with van der Waals surface area (Å²) in [6, 6.07) is 4.77. The number of alkyl halides is 1. The third-order valence-corrected chi connectivity index (χ3v) is 2.99. The molecule has 0 radical (unpaired) electrons. The van der Waals surface area contributed by atoms with Crippen LogP contribution in [0.25, 0.3) is 0 Å². The molecule has 1 aromatic rings. The maximum atomic E-state index is 10.7. The Kier molecular flexibility index (Phi) is 5.88. The lowest BCUT2D eigenvalue weighted by Crippen LogP contribution is -2.27. The van der Waals surface area contributed by atoms with Crippen molar-refractivity contribution in [2.45, 2.75) is 12.8 Å². The zero-order valence-electron chi connectivity index (χ0n) is 10.6. The molecule has 0 fully saturated rings. The Morgan fingerprint density at radius 1 is 1.50 bits per heavy atom. The number of benzene rings is 1. The van der Waals surface area contributed by atoms with Gasteiger partial charge in [0.25, 0.3) is 5.69 Å². The number of hydrogen-bond donors (Lipinski definition) is 0. The Labute approximate surface area is 111 Å². The maximum absolute atomic E-state index is 10.7. The van der Waals surface area contributed by atoms with Crippen molar-refractivity contribution >= 4 is 23.0 Å². The molecule has 0 unspecified atom stereocenters. The number of hydrogen-bond acceptors (Lipinski definition) is 4. The molecule has 0 aliphatic rings. The number of methoxy groups -OCH3 is 1. The molecule has 0 spiro atoms. The van der Waals surface area contributed by atoms with E-state index in [1.54, 1.807) is 13.2 Å². The van der Waals surface area contributed by atoms with Gasteiger partial charge in [0.1, 0.15) is 0 Å². The summed E-state index contributed by atoms with van der Waals surface area (Å²) in [4.78, 5) is 12.4. The summed E-state index contributed by atoms with van der Waals surface area (Å²) in [5.74, 6) is 0.250. The molecule has 0 heterocycles. The summed E-state index contributed by atoms with van der Waals surface area (Å²) in [5, 5.41) is 10.7. The highest BCUT2D eigenvalue weighted by atomic mass is 35.5. The lowest BCUT2D eigenvalue weighted by molar-refractivity contribution is -0.384. The van der Waals surface area contributed by atoms with Gasteiger partial charge < -0.3 is 9.64 Å². The first-order valence-corrected chi connectivity index (χ1v) is 6.24. The van der Waals surface area contributed by atoms with Crippen LogP contribution in [0.15, 0.2) is 18.2 Å². The van der Waals surface area contributed by atoms with Crippen LogP contribution in [0.4, 0.5) is 11.4 Å². The molecule has 0 aliphatic carbocycles. The monoisotopic (exact) mass is 272 g/mol. The molecular weight excluding hydrogens is 256 g/mol. The molecule has 0 saturated heterocycles. The lowest BCUT2D eigenvalue weighted by atomic mass is 10.1. The van der Waals surface area contributed by atoms with E-state index in [1.165, 1.54) is 12.1 Å². The van der Waals surface area contributed by atoms with Gasteiger partial charge in [-0.1, -0.05) is 0 Å². The van der Waals surface area contributed by atoms with E-state index in [-0.39, 0.29) is 11.6 Å². The summed E-state index contributed by atoms with van der Waals surface area (Å²) < 4.78 is 5.05. The predicted molar refractivity (Wildman–Crippen MR) is 72.4 cm³/mol. The number of halogens is 1. The van der Waals surface area contributed by atoms with E-state index in [0.717, 1.165) is 24.3 Å². The van der Waals surface area contributed by atoms with E-state index < -0.39 is 4.92 Å². The molecule has 18 heavy (non-hydrogen) atoms. The third kappa shape index (κ3) is 3.58. The zero-order valence-corrected chi connectivity index (χ0v) is 11.3. The van der Waals surface area contributed by atoms with Crippen LogP contribution in [0.5, 0.6) is 0 Å². The van der Waals surface area contributed by atoms with E-state index >= 15 is 0 Å². The van der Waals surface area contributed by atoms with Crippen LogP contribution >= 0.6 is 11.6 Å². The largest absolute Gasteiger partial charge is 0.383 e. The van der Waals surface area contributed by atoms with Crippen LogP contribution in [0.3, 0.4) is 0 Å². The van der Waals surface area contributed by atoms with Crippen molar-refractivity contribution in [1.82, 2.24) is 0 Å². The number of nitro groups is 1. The van der Waals surface area contributed by atoms with Crippen LogP contribution in [0.1, 0.15) is 12.5 Å². The minimum absolute atomic E-state index is 0.0668. The Balaban J connectivity index is 3.02. The Morgan fingerprint density at radius 3 is 2.72 bits per heavy atom. The highest BCUT2D eigenvalue weighted by Crippen LogP contribution is 2.26. The topological polar surface area (TPSA) is 55.6 Å². The van der Waals surface area contributed by atoms with Gasteiger partial charge in [-0.2, -0.15) is 0 Å². The second kappa shape index (κ2) is 7.18. The fourth-order valence-corrected chi connectivity index (χ4v) is 1.97. The predicted octanol–water partition coefficient (Wildman–Crippen LogP) is 2.81. The van der Waals surface area contributed by atoms with Gasteiger partial charge in [0, 0.05) is 43.9 Å². The molecule has 0 saturated carbocycles. The summed E-state index contributed by atoms with van der Waals surface area (Å²) >= 11 is 5.86. The maximum Gasteiger partial charge on any atom is 0.269 e. The fourth-order valence-electron chi connectivity index (χ4n) is 1.75. The minimum atomic E-state index is -0.411. The highest BCUT2D eigenvalue weighted by molar-refractivity contribution is 6.17. The molecule has 0 amide bonds. The van der Waals surface area contributed by atoms with Gasteiger partial charge in [-0.15, -0.1) is 11.6 Å². The number of likely N-dealkylation sites (N-methyl/N-ethyl adjacent to an activating group) is 1. The Hall–Kier alpha value is -1.33. The van der Waals surface area contributed by atoms with Crippen molar-refractivity contribution in [3.8, 4) is 0 Å². The first-order valence-electron chi connectivity index (χ1n) is 5.71. The molecule has 6 heteroatoms. The number of anilines is 1. The average molecular weight is 273 g/mol. The van der Waals surface area contributed by atoms with Gasteiger partial charge in [0.05, 0.1) is 11.5 Å². The van der Waals surface area contributed by atoms with Crippen molar-refractivity contribution in [3.05, 3.63) is 33.9 Å². The lowest BCUT2D eigenvalue weighted by Gasteiger charge is -2.24. The number of ether oxygens (including phenoxy) is 1. The van der Waals surface area contributed by atoms with Crippen LogP contribution in [0.2, 0.25) is 0 Å². The smallest absolute Gasteiger partial charge is 0.269 e. The van der Waals surface area contributed by atoms with Crippen molar-refractivity contribution in [2.24, 2.45) is 0 Å². The minimum Gasteiger partial charge on any atom is -0.383 e. The van der Waals surface area contributed by atoms with Gasteiger partial charge in [0.15, 0.2) is 0 Å². The van der Waals surface area contributed by atoms with Crippen molar-refractivity contribution in [1.29, 1.82) is 0 Å². The zero-order chi connectivity index (χ0) is 13.5. The molecule has 0 bridgehead atoms. The summed E-state index contributed by atoms with van der Waals surface area (Å²) in [6.07, 6.45) is 0. The molecular formula is C12H17ClN2O3. The van der Waals surface area contributed by atoms with Gasteiger partial charge in [-0.3, -0.25) is 10.1 Å². The highest BCUT2D eigenvalue weighted by Gasteiger charge is 2.14. The second-order valence-corrected chi connectivity index (χ2v) is 4.04. The van der Waals surface area contributed by atoms with Gasteiger partial charge in [0.2, 0.25) is 0 Å². The van der Waals surface area contributed by atoms with Gasteiger partial charge in [-0.25, -0.2) is 0 Å². The average Bonchev–Trinajstić information content (AvgIpc) is 2.39. The van der Waals surface area contributed by atoms with Crippen LogP contribution in [-0.2, 0) is 10.6 Å². The quantitative estimate of drug-likeness (QED) is 0.435. The number of nitro benzene ring substituents is 1. The fraction of sp³-hybridized carbons (Fsp3) is 0.500. The molecule has 0 aromatic heterocycles. The van der Waals surface area contributed by atoms with E-state index in [1.807, 2.05) is 6.92 Å². The molecule has 1 rings (SSSR count). The van der Waals surface area contributed by atoms with E-state index in [4.69, 9.17) is 16.3 Å². The molecule has 5 nitrogen and oxygen atoms in total. The van der Waals surface area contributed by atoms with Crippen molar-refractivity contribution in [3.63, 3.8) is 0 Å². The Bertz CT molecular complexity index is 412. The number of nitrogens with zero attached hydrogens (tertiary/aromatic N) is 2. The normalized spacial score (nSPS) is 10.4. The van der Waals surface area contributed by atoms with Gasteiger partial charge in [-0.05, 0) is 18.6 Å². The van der Waals surface area contributed by atoms with E-state index in [2.05, 4.69) is 4.90 Å². The molecule has 0 N–H and O–H groups in total. The van der Waals surface area contributed by atoms with Crippen LogP contribution in [0, 0.1) is 10.1 Å². The first kappa shape index (κ1) is 14.7. The second-order valence-electron chi connectivity index (χ2n) is 3.78. The summed E-state index contributed by atoms with van der Waals surface area (Å²) in [5.41, 5.74) is 1.76. The van der Waals surface area contributed by atoms with Crippen molar-refractivity contribution in [2.75, 3.05) is 31.7 Å². The van der Waals surface area contributed by atoms with E-state index in [9.17, 15) is 10.1 Å². The van der Waals surface area contributed by atoms with Crippen LogP contribution < -0.4 is 4.90 Å². The molecule has 0 atom stereocenters. The Morgan fingerprint density at radius 2 is 2.22 bits per heavy atom. The number of rotatable bonds is 7. The van der Waals surface area contributed by atoms with Crippen LogP contribution in [-0.4, -0.2) is 31.7 Å². The first-order chi connectivity index (χ1) is 8.63. The SMILES string of the molecule is CCN(CCOC)c1ccc([N+](=O)[O-])cc1CCl. The summed E-state index contributed by atoms with van der Waals surface area (Å²) in [7, 11) is 1.64. The standard InChI is InChI=1S/C12H17ClN2O3/c1-3-14(6-7-18-2)12-5-4-11(15(16)17)8-10(12)9-13/h4-5,8H,3,6-7,9H2,1-2H3. The molecule has 0 aliphatic heterocycles. The van der Waals surface area contributed by atoms with Gasteiger partial charge >= 0.3 is 0 Å². The van der Waals surface area contributed by atoms with Crippen molar-refractivity contribution < 1.29 is 9.66 Å². The molecule has 1 aromatic carbocycles. The third-order valence-electron chi connectivity index (χ3n) is 2.71. The molecule has 100 valence electrons. The number of non-ortho nitro benzene ring substituents is 1. The summed E-state index contributed by atoms with van der Waals surface area (Å²) in [6.45, 7) is 4.15. The van der Waals surface area contributed by atoms with E-state index in [0.29, 0.717) is 6.61 Å².